The van der Waals surface area contributed by atoms with E-state index < -0.39 is 0 Å². The minimum Gasteiger partial charge on any atom is -0.330 e. The van der Waals surface area contributed by atoms with Gasteiger partial charge in [-0.3, -0.25) is 0 Å². The number of hydrogen-bond donors (Lipinski definition) is 2. The number of nitrogens with zero attached hydrogens (tertiary/aromatic N) is 2. The molecule has 0 aliphatic heterocycles. The van der Waals surface area contributed by atoms with Gasteiger partial charge in [0.15, 0.2) is 0 Å². The Bertz CT molecular complexity index is 572. The monoisotopic (exact) mass is 258 g/mol. The summed E-state index contributed by atoms with van der Waals surface area (Å²) < 4.78 is 1.92. The first kappa shape index (κ1) is 12.6. The van der Waals surface area contributed by atoms with E-state index in [1.54, 1.807) is 0 Å². The van der Waals surface area contributed by atoms with Crippen molar-refractivity contribution in [2.45, 2.75) is 32.9 Å². The zero-order chi connectivity index (χ0) is 13.5. The van der Waals surface area contributed by atoms with Gasteiger partial charge in [0.1, 0.15) is 0 Å². The Kier molecular flexibility index (Phi) is 3.07. The smallest absolute Gasteiger partial charge is 0.0706 e. The van der Waals surface area contributed by atoms with E-state index >= 15 is 0 Å². The summed E-state index contributed by atoms with van der Waals surface area (Å²) in [6.45, 7) is 6.31. The van der Waals surface area contributed by atoms with Gasteiger partial charge < -0.3 is 11.1 Å². The van der Waals surface area contributed by atoms with E-state index in [4.69, 9.17) is 5.73 Å². The van der Waals surface area contributed by atoms with Crippen LogP contribution in [-0.4, -0.2) is 22.2 Å². The highest BCUT2D eigenvalue weighted by Gasteiger charge is 2.46. The van der Waals surface area contributed by atoms with Gasteiger partial charge in [-0.15, -0.1) is 0 Å². The van der Waals surface area contributed by atoms with E-state index in [0.717, 1.165) is 13.1 Å². The van der Waals surface area contributed by atoms with Crippen molar-refractivity contribution in [3.8, 4) is 0 Å². The Morgan fingerprint density at radius 1 is 1.47 bits per heavy atom. The van der Waals surface area contributed by atoms with E-state index in [0.29, 0.717) is 17.4 Å². The maximum absolute atomic E-state index is 5.80. The fraction of sp³-hybridized carbons (Fsp3) is 0.533. The Labute approximate surface area is 114 Å². The molecule has 1 aliphatic rings. The molecule has 3 rings (SSSR count). The summed E-state index contributed by atoms with van der Waals surface area (Å²) in [5.41, 5.74) is 8.59. The molecule has 0 saturated heterocycles. The fourth-order valence-electron chi connectivity index (χ4n) is 3.16. The summed E-state index contributed by atoms with van der Waals surface area (Å²) in [6, 6.07) is 6.83. The molecule has 0 spiro atoms. The van der Waals surface area contributed by atoms with E-state index in [-0.39, 0.29) is 0 Å². The van der Waals surface area contributed by atoms with Gasteiger partial charge in [-0.2, -0.15) is 5.10 Å². The predicted octanol–water partition coefficient (Wildman–Crippen LogP) is 1.80. The van der Waals surface area contributed by atoms with Crippen LogP contribution < -0.4 is 11.1 Å². The van der Waals surface area contributed by atoms with Crippen LogP contribution in [0.2, 0.25) is 0 Å². The van der Waals surface area contributed by atoms with Crippen molar-refractivity contribution >= 4 is 5.52 Å². The molecule has 4 heteroatoms. The molecular formula is C15H22N4. The van der Waals surface area contributed by atoms with Gasteiger partial charge in [0, 0.05) is 25.0 Å². The van der Waals surface area contributed by atoms with Gasteiger partial charge in [0.25, 0.3) is 0 Å². The van der Waals surface area contributed by atoms with E-state index in [9.17, 15) is 0 Å². The van der Waals surface area contributed by atoms with Crippen molar-refractivity contribution in [1.82, 2.24) is 14.9 Å². The van der Waals surface area contributed by atoms with Crippen LogP contribution >= 0.6 is 0 Å². The third-order valence-electron chi connectivity index (χ3n) is 4.82. The fourth-order valence-corrected chi connectivity index (χ4v) is 3.16. The van der Waals surface area contributed by atoms with Crippen LogP contribution in [0.5, 0.6) is 0 Å². The molecule has 2 atom stereocenters. The Morgan fingerprint density at radius 2 is 2.32 bits per heavy atom. The third-order valence-corrected chi connectivity index (χ3v) is 4.82. The van der Waals surface area contributed by atoms with Crippen molar-refractivity contribution in [3.05, 3.63) is 36.2 Å². The standard InChI is InChI=1S/C15H22N4/c1-15(2)12(9-16)8-14(15)17-10-11-4-3-7-19-13(11)5-6-18-19/h3-7,12,14,17H,8-10,16H2,1-2H3. The minimum absolute atomic E-state index is 0.306. The summed E-state index contributed by atoms with van der Waals surface area (Å²) in [5.74, 6) is 0.649. The zero-order valence-electron chi connectivity index (χ0n) is 11.6. The van der Waals surface area contributed by atoms with Crippen LogP contribution in [0.1, 0.15) is 25.8 Å². The molecule has 102 valence electrons. The zero-order valence-corrected chi connectivity index (χ0v) is 11.6. The molecule has 1 saturated carbocycles. The van der Waals surface area contributed by atoms with E-state index in [2.05, 4.69) is 36.4 Å². The largest absolute Gasteiger partial charge is 0.330 e. The third kappa shape index (κ3) is 2.05. The first-order chi connectivity index (χ1) is 9.13. The number of pyridine rings is 1. The first-order valence-electron chi connectivity index (χ1n) is 6.97. The van der Waals surface area contributed by atoms with Crippen LogP contribution in [0.3, 0.4) is 0 Å². The summed E-state index contributed by atoms with van der Waals surface area (Å²) >= 11 is 0. The van der Waals surface area contributed by atoms with Gasteiger partial charge in [0.05, 0.1) is 5.52 Å². The quantitative estimate of drug-likeness (QED) is 0.879. The lowest BCUT2D eigenvalue weighted by Gasteiger charge is -2.52. The Morgan fingerprint density at radius 3 is 3.05 bits per heavy atom. The van der Waals surface area contributed by atoms with Gasteiger partial charge in [-0.05, 0) is 42.0 Å². The SMILES string of the molecule is CC1(C)C(CN)CC1NCc1cccn2nccc12. The predicted molar refractivity (Wildman–Crippen MR) is 76.8 cm³/mol. The molecule has 2 unspecified atom stereocenters. The van der Waals surface area contributed by atoms with Crippen LogP contribution in [0, 0.1) is 11.3 Å². The highest BCUT2D eigenvalue weighted by Crippen LogP contribution is 2.45. The Balaban J connectivity index is 1.69. The van der Waals surface area contributed by atoms with E-state index in [1.807, 2.05) is 23.0 Å². The van der Waals surface area contributed by atoms with Crippen molar-refractivity contribution in [1.29, 1.82) is 0 Å². The normalized spacial score (nSPS) is 25.4. The summed E-state index contributed by atoms with van der Waals surface area (Å²) in [6.07, 6.45) is 5.01. The van der Waals surface area contributed by atoms with Gasteiger partial charge in [-0.1, -0.05) is 19.9 Å². The first-order valence-corrected chi connectivity index (χ1v) is 6.97. The number of rotatable bonds is 4. The highest BCUT2D eigenvalue weighted by molar-refractivity contribution is 5.53. The average molecular weight is 258 g/mol. The minimum atomic E-state index is 0.306. The van der Waals surface area contributed by atoms with Gasteiger partial charge in [0.2, 0.25) is 0 Å². The number of nitrogens with one attached hydrogen (secondary N) is 1. The van der Waals surface area contributed by atoms with Crippen LogP contribution in [0.15, 0.2) is 30.6 Å². The second-order valence-electron chi connectivity index (χ2n) is 6.12. The molecule has 0 aromatic carbocycles. The van der Waals surface area contributed by atoms with E-state index in [1.165, 1.54) is 17.5 Å². The molecular weight excluding hydrogens is 236 g/mol. The number of hydrogen-bond acceptors (Lipinski definition) is 3. The van der Waals surface area contributed by atoms with Crippen molar-refractivity contribution < 1.29 is 0 Å². The molecule has 4 nitrogen and oxygen atoms in total. The molecule has 1 fully saturated rings. The molecule has 3 N–H and O–H groups in total. The average Bonchev–Trinajstić information content (AvgIpc) is 2.86. The number of nitrogens with two attached hydrogens (primary N) is 1. The molecule has 0 bridgehead atoms. The molecule has 0 amide bonds. The Hall–Kier alpha value is -1.39. The van der Waals surface area contributed by atoms with Crippen LogP contribution in [0.25, 0.3) is 5.52 Å². The maximum Gasteiger partial charge on any atom is 0.0706 e. The van der Waals surface area contributed by atoms with Crippen LogP contribution in [0.4, 0.5) is 0 Å². The highest BCUT2D eigenvalue weighted by atomic mass is 15.2. The number of aromatic nitrogens is 2. The molecule has 2 aromatic rings. The van der Waals surface area contributed by atoms with Gasteiger partial charge >= 0.3 is 0 Å². The lowest BCUT2D eigenvalue weighted by atomic mass is 9.58. The second-order valence-corrected chi connectivity index (χ2v) is 6.12. The summed E-state index contributed by atoms with van der Waals surface area (Å²) in [5, 5.41) is 7.94. The van der Waals surface area contributed by atoms with Crippen molar-refractivity contribution in [2.24, 2.45) is 17.1 Å². The molecule has 0 radical (unpaired) electrons. The topological polar surface area (TPSA) is 55.3 Å². The lowest BCUT2D eigenvalue weighted by Crippen LogP contribution is -2.58. The molecule has 19 heavy (non-hydrogen) atoms. The van der Waals surface area contributed by atoms with Crippen molar-refractivity contribution in [2.75, 3.05) is 6.54 Å². The van der Waals surface area contributed by atoms with Gasteiger partial charge in [-0.25, -0.2) is 4.52 Å². The van der Waals surface area contributed by atoms with Crippen LogP contribution in [-0.2, 0) is 6.54 Å². The second kappa shape index (κ2) is 4.62. The maximum atomic E-state index is 5.80. The lowest BCUT2D eigenvalue weighted by molar-refractivity contribution is 0.0196. The summed E-state index contributed by atoms with van der Waals surface area (Å²) in [7, 11) is 0. The van der Waals surface area contributed by atoms with Crippen molar-refractivity contribution in [3.63, 3.8) is 0 Å². The summed E-state index contributed by atoms with van der Waals surface area (Å²) in [4.78, 5) is 0. The molecule has 2 aromatic heterocycles. The molecule has 1 aliphatic carbocycles. The molecule has 2 heterocycles. The number of fused-ring (bicyclic) bond motifs is 1.